The minimum Gasteiger partial charge on any atom is -0.456 e. The van der Waals surface area contributed by atoms with Crippen molar-refractivity contribution in [3.8, 4) is 0 Å². The highest BCUT2D eigenvalue weighted by molar-refractivity contribution is 5.85. The predicted octanol–water partition coefficient (Wildman–Crippen LogP) is 2.75. The number of fused-ring (bicyclic) bond motifs is 2. The summed E-state index contributed by atoms with van der Waals surface area (Å²) in [7, 11) is 0. The lowest BCUT2D eigenvalue weighted by Crippen LogP contribution is -2.38. The third-order valence-corrected chi connectivity index (χ3v) is 5.67. The minimum absolute atomic E-state index is 0.0293. The quantitative estimate of drug-likeness (QED) is 0.768. The molecule has 2 aliphatic rings. The van der Waals surface area contributed by atoms with Crippen LogP contribution in [0.1, 0.15) is 56.5 Å². The molecule has 5 nitrogen and oxygen atoms in total. The van der Waals surface area contributed by atoms with Crippen molar-refractivity contribution >= 4 is 5.97 Å². The smallest absolute Gasteiger partial charge is 0.380 e. The van der Waals surface area contributed by atoms with E-state index < -0.39 is 5.97 Å². The number of aryl methyl sites for hydroxylation is 1. The van der Waals surface area contributed by atoms with E-state index in [4.69, 9.17) is 9.26 Å². The molecule has 5 heteroatoms. The molecule has 2 bridgehead atoms. The van der Waals surface area contributed by atoms with Gasteiger partial charge in [0.2, 0.25) is 5.89 Å². The molecule has 1 aromatic heterocycles. The van der Waals surface area contributed by atoms with Crippen LogP contribution in [0, 0.1) is 23.7 Å². The molecule has 0 amide bonds. The van der Waals surface area contributed by atoms with E-state index in [9.17, 15) is 4.79 Å². The molecule has 0 aliphatic heterocycles. The molecule has 2 saturated carbocycles. The van der Waals surface area contributed by atoms with Crippen LogP contribution in [0.15, 0.2) is 4.52 Å². The van der Waals surface area contributed by atoms with Crippen LogP contribution in [0.5, 0.6) is 0 Å². The van der Waals surface area contributed by atoms with Gasteiger partial charge in [-0.15, -0.1) is 0 Å². The molecular weight excluding hydrogens is 244 g/mol. The van der Waals surface area contributed by atoms with Gasteiger partial charge in [0.15, 0.2) is 0 Å². The van der Waals surface area contributed by atoms with Crippen LogP contribution >= 0.6 is 0 Å². The molecule has 104 valence electrons. The lowest BCUT2D eigenvalue weighted by molar-refractivity contribution is -0.0253. The van der Waals surface area contributed by atoms with Crippen LogP contribution in [-0.4, -0.2) is 22.2 Å². The third kappa shape index (κ3) is 1.63. The summed E-state index contributed by atoms with van der Waals surface area (Å²) in [4.78, 5) is 16.0. The van der Waals surface area contributed by atoms with E-state index in [0.29, 0.717) is 11.8 Å². The molecule has 19 heavy (non-hydrogen) atoms. The summed E-state index contributed by atoms with van der Waals surface area (Å²) < 4.78 is 10.5. The molecule has 3 rings (SSSR count). The number of esters is 1. The van der Waals surface area contributed by atoms with Crippen LogP contribution in [0.25, 0.3) is 0 Å². The van der Waals surface area contributed by atoms with Gasteiger partial charge in [0.05, 0.1) is 0 Å². The second-order valence-electron chi connectivity index (χ2n) is 6.64. The van der Waals surface area contributed by atoms with Crippen molar-refractivity contribution in [2.75, 3.05) is 0 Å². The van der Waals surface area contributed by atoms with Gasteiger partial charge < -0.3 is 9.26 Å². The number of rotatable bonds is 2. The Morgan fingerprint density at radius 1 is 1.42 bits per heavy atom. The Balaban J connectivity index is 1.77. The predicted molar refractivity (Wildman–Crippen MR) is 67.5 cm³/mol. The number of aromatic nitrogens is 2. The number of carbonyl (C=O) groups is 1. The maximum absolute atomic E-state index is 12.0. The number of hydrogen-bond acceptors (Lipinski definition) is 5. The Bertz CT molecular complexity index is 523. The van der Waals surface area contributed by atoms with E-state index in [1.165, 1.54) is 6.42 Å². The zero-order valence-electron chi connectivity index (χ0n) is 11.9. The molecule has 0 aromatic carbocycles. The molecule has 0 spiro atoms. The number of nitrogens with zero attached hydrogens (tertiary/aromatic N) is 2. The monoisotopic (exact) mass is 264 g/mol. The molecular formula is C14H20N2O3. The first-order valence-corrected chi connectivity index (χ1v) is 6.86. The summed E-state index contributed by atoms with van der Waals surface area (Å²) in [5.74, 6) is 0.585. The van der Waals surface area contributed by atoms with Gasteiger partial charge in [0.25, 0.3) is 5.82 Å². The summed E-state index contributed by atoms with van der Waals surface area (Å²) in [6, 6.07) is 0. The first-order chi connectivity index (χ1) is 8.84. The third-order valence-electron chi connectivity index (χ3n) is 5.67. The van der Waals surface area contributed by atoms with Gasteiger partial charge in [-0.1, -0.05) is 20.8 Å². The normalized spacial score (nSPS) is 35.6. The van der Waals surface area contributed by atoms with Gasteiger partial charge >= 0.3 is 5.97 Å². The van der Waals surface area contributed by atoms with Crippen LogP contribution in [-0.2, 0) is 4.74 Å². The lowest BCUT2D eigenvalue weighted by atomic mass is 9.70. The molecule has 1 aromatic rings. The lowest BCUT2D eigenvalue weighted by Gasteiger charge is -2.38. The van der Waals surface area contributed by atoms with E-state index in [2.05, 4.69) is 30.9 Å². The fourth-order valence-corrected chi connectivity index (χ4v) is 3.87. The average Bonchev–Trinajstić information content (AvgIpc) is 2.91. The molecule has 0 N–H and O–H groups in total. The summed E-state index contributed by atoms with van der Waals surface area (Å²) in [5.41, 5.74) is 0.289. The highest BCUT2D eigenvalue weighted by Crippen LogP contribution is 2.66. The highest BCUT2D eigenvalue weighted by Gasteiger charge is 2.63. The first-order valence-electron chi connectivity index (χ1n) is 6.86. The van der Waals surface area contributed by atoms with Gasteiger partial charge in [-0.2, -0.15) is 4.98 Å². The van der Waals surface area contributed by atoms with Crippen molar-refractivity contribution in [1.82, 2.24) is 10.1 Å². The zero-order valence-corrected chi connectivity index (χ0v) is 11.9. The van der Waals surface area contributed by atoms with Crippen LogP contribution in [0.4, 0.5) is 0 Å². The summed E-state index contributed by atoms with van der Waals surface area (Å²) in [6.45, 7) is 8.47. The van der Waals surface area contributed by atoms with Crippen molar-refractivity contribution in [2.45, 2.75) is 53.1 Å². The Morgan fingerprint density at radius 2 is 2.16 bits per heavy atom. The van der Waals surface area contributed by atoms with E-state index in [-0.39, 0.29) is 22.8 Å². The van der Waals surface area contributed by atoms with Crippen LogP contribution in [0.3, 0.4) is 0 Å². The van der Waals surface area contributed by atoms with Gasteiger partial charge in [-0.05, 0) is 35.8 Å². The van der Waals surface area contributed by atoms with Crippen LogP contribution < -0.4 is 0 Å². The summed E-state index contributed by atoms with van der Waals surface area (Å²) >= 11 is 0. The summed E-state index contributed by atoms with van der Waals surface area (Å²) in [6.07, 6.45) is 3.27. The second-order valence-corrected chi connectivity index (χ2v) is 6.64. The van der Waals surface area contributed by atoms with Gasteiger partial charge in [-0.25, -0.2) is 4.79 Å². The summed E-state index contributed by atoms with van der Waals surface area (Å²) in [5, 5.41) is 3.62. The average molecular weight is 264 g/mol. The van der Waals surface area contributed by atoms with E-state index in [1.54, 1.807) is 6.92 Å². The topological polar surface area (TPSA) is 65.2 Å². The number of hydrogen-bond donors (Lipinski definition) is 0. The molecule has 0 saturated heterocycles. The maximum atomic E-state index is 12.0. The van der Waals surface area contributed by atoms with Crippen molar-refractivity contribution < 1.29 is 14.1 Å². The standard InChI is InChI=1S/C14H20N2O3/c1-8-15-11(16-19-8)12(17)18-10-7-9-5-6-14(10,4)13(9,2)3/h9-10H,5-7H2,1-4H3. The number of ether oxygens (including phenoxy) is 1. The maximum Gasteiger partial charge on any atom is 0.380 e. The fourth-order valence-electron chi connectivity index (χ4n) is 3.87. The van der Waals surface area contributed by atoms with Crippen molar-refractivity contribution in [3.63, 3.8) is 0 Å². The minimum atomic E-state index is -0.466. The van der Waals surface area contributed by atoms with Crippen molar-refractivity contribution in [1.29, 1.82) is 0 Å². The molecule has 2 aliphatic carbocycles. The van der Waals surface area contributed by atoms with Gasteiger partial charge in [0, 0.05) is 12.3 Å². The first kappa shape index (κ1) is 12.6. The van der Waals surface area contributed by atoms with E-state index in [1.807, 2.05) is 0 Å². The molecule has 1 heterocycles. The largest absolute Gasteiger partial charge is 0.456 e. The van der Waals surface area contributed by atoms with E-state index >= 15 is 0 Å². The van der Waals surface area contributed by atoms with Gasteiger partial charge in [-0.3, -0.25) is 0 Å². The Labute approximate surface area is 112 Å². The Hall–Kier alpha value is -1.39. The van der Waals surface area contributed by atoms with Gasteiger partial charge in [0.1, 0.15) is 6.10 Å². The Kier molecular flexibility index (Phi) is 2.53. The van der Waals surface area contributed by atoms with E-state index in [0.717, 1.165) is 12.8 Å². The molecule has 3 atom stereocenters. The molecule has 2 fully saturated rings. The second kappa shape index (κ2) is 3.81. The zero-order chi connectivity index (χ0) is 13.8. The molecule has 3 unspecified atom stereocenters. The molecule has 0 radical (unpaired) electrons. The van der Waals surface area contributed by atoms with Crippen molar-refractivity contribution in [3.05, 3.63) is 11.7 Å². The fraction of sp³-hybridized carbons (Fsp3) is 0.786. The SMILES string of the molecule is Cc1nc(C(=O)OC2CC3CCC2(C)C3(C)C)no1. The highest BCUT2D eigenvalue weighted by atomic mass is 16.6. The van der Waals surface area contributed by atoms with Crippen LogP contribution in [0.2, 0.25) is 0 Å². The number of carbonyl (C=O) groups excluding carboxylic acids is 1. The Morgan fingerprint density at radius 3 is 2.63 bits per heavy atom. The van der Waals surface area contributed by atoms with Crippen molar-refractivity contribution in [2.24, 2.45) is 16.7 Å².